The van der Waals surface area contributed by atoms with Crippen molar-refractivity contribution >= 4 is 22.2 Å². The number of carbonyl (C=O) groups excluding carboxylic acids is 2. The van der Waals surface area contributed by atoms with Gasteiger partial charge >= 0.3 is 11.9 Å². The fraction of sp³-hybridized carbons (Fsp3) is 0.750. The topological polar surface area (TPSA) is 43.4 Å². The third kappa shape index (κ3) is 1.74. The smallest absolute Gasteiger partial charge is 0.316 e. The van der Waals surface area contributed by atoms with Crippen LogP contribution in [0.3, 0.4) is 0 Å². The quantitative estimate of drug-likeness (QED) is 0.358. The minimum Gasteiger partial charge on any atom is -0.393 e. The van der Waals surface area contributed by atoms with E-state index in [1.54, 1.807) is 0 Å². The molecule has 0 aromatic carbocycles. The van der Waals surface area contributed by atoms with Crippen LogP contribution in [-0.2, 0) is 14.3 Å². The van der Waals surface area contributed by atoms with E-state index in [-0.39, 0.29) is 11.9 Å². The van der Waals surface area contributed by atoms with E-state index in [0.29, 0.717) is 6.42 Å². The summed E-state index contributed by atoms with van der Waals surface area (Å²) < 4.78 is 4.53. The minimum absolute atomic E-state index is 0.285. The fourth-order valence-electron chi connectivity index (χ4n) is 1.41. The predicted octanol–water partition coefficient (Wildman–Crippen LogP) is 0.174. The Labute approximate surface area is 74.9 Å². The van der Waals surface area contributed by atoms with Crippen molar-refractivity contribution < 1.29 is 14.3 Å². The largest absolute Gasteiger partial charge is 0.393 e. The van der Waals surface area contributed by atoms with Gasteiger partial charge in [-0.1, -0.05) is 19.8 Å². The van der Waals surface area contributed by atoms with Crippen molar-refractivity contribution in [3.05, 3.63) is 0 Å². The highest BCUT2D eigenvalue weighted by atomic mass is 28.1. The normalized spacial score (nSPS) is 29.4. The standard InChI is InChI=1S/C8H14O3Si/c1-2-3-4-8(12)5-6(9)11-7(8)10/h2-5H2,1,12H3. The summed E-state index contributed by atoms with van der Waals surface area (Å²) in [7, 11) is 0.723. The SMILES string of the molecule is CCCCC1([SiH3])CC(=O)OC1=O. The number of ether oxygens (including phenoxy) is 1. The Morgan fingerprint density at radius 3 is 2.67 bits per heavy atom. The first-order valence-corrected chi connectivity index (χ1v) is 5.33. The van der Waals surface area contributed by atoms with Crippen molar-refractivity contribution in [3.8, 4) is 0 Å². The maximum atomic E-state index is 11.2. The van der Waals surface area contributed by atoms with Gasteiger partial charge in [-0.15, -0.1) is 0 Å². The van der Waals surface area contributed by atoms with Crippen LogP contribution in [0.4, 0.5) is 0 Å². The molecule has 3 nitrogen and oxygen atoms in total. The van der Waals surface area contributed by atoms with Crippen LogP contribution in [0.2, 0.25) is 5.04 Å². The molecule has 0 radical (unpaired) electrons. The summed E-state index contributed by atoms with van der Waals surface area (Å²) in [5, 5.41) is -0.396. The van der Waals surface area contributed by atoms with Gasteiger partial charge in [-0.05, 0) is 6.42 Å². The molecule has 1 heterocycles. The molecule has 0 spiro atoms. The number of rotatable bonds is 3. The predicted molar refractivity (Wildman–Crippen MR) is 47.9 cm³/mol. The zero-order chi connectivity index (χ0) is 9.19. The van der Waals surface area contributed by atoms with Crippen molar-refractivity contribution in [1.82, 2.24) is 0 Å². The fourth-order valence-corrected chi connectivity index (χ4v) is 2.16. The molecule has 1 aliphatic rings. The Hall–Kier alpha value is -0.643. The van der Waals surface area contributed by atoms with Gasteiger partial charge in [0.1, 0.15) is 0 Å². The molecule has 0 amide bonds. The first-order chi connectivity index (χ1) is 5.58. The van der Waals surface area contributed by atoms with Crippen LogP contribution >= 0.6 is 0 Å². The van der Waals surface area contributed by atoms with E-state index in [2.05, 4.69) is 11.7 Å². The molecule has 1 atom stereocenters. The number of esters is 2. The molecule has 1 aliphatic heterocycles. The number of carbonyl (C=O) groups is 2. The van der Waals surface area contributed by atoms with Gasteiger partial charge in [0.05, 0.1) is 11.5 Å². The Kier molecular flexibility index (Phi) is 2.67. The van der Waals surface area contributed by atoms with Gasteiger partial charge in [-0.3, -0.25) is 9.59 Å². The van der Waals surface area contributed by atoms with Crippen LogP contribution in [0.5, 0.6) is 0 Å². The highest BCUT2D eigenvalue weighted by Crippen LogP contribution is 2.39. The highest BCUT2D eigenvalue weighted by molar-refractivity contribution is 6.31. The second-order valence-electron chi connectivity index (χ2n) is 3.60. The summed E-state index contributed by atoms with van der Waals surface area (Å²) in [5.41, 5.74) is 0. The third-order valence-electron chi connectivity index (χ3n) is 2.32. The molecule has 1 fully saturated rings. The molecule has 0 bridgehead atoms. The molecular formula is C8H14O3Si. The lowest BCUT2D eigenvalue weighted by molar-refractivity contribution is -0.152. The lowest BCUT2D eigenvalue weighted by Crippen LogP contribution is -2.18. The van der Waals surface area contributed by atoms with Gasteiger partial charge in [0.25, 0.3) is 0 Å². The van der Waals surface area contributed by atoms with E-state index in [0.717, 1.165) is 29.5 Å². The first kappa shape index (κ1) is 9.44. The van der Waals surface area contributed by atoms with E-state index in [1.165, 1.54) is 0 Å². The molecule has 0 N–H and O–H groups in total. The summed E-state index contributed by atoms with van der Waals surface area (Å²) in [6, 6.07) is 0. The number of hydrogen-bond donors (Lipinski definition) is 0. The van der Waals surface area contributed by atoms with Crippen LogP contribution in [-0.4, -0.2) is 22.2 Å². The maximum Gasteiger partial charge on any atom is 0.316 e. The second-order valence-corrected chi connectivity index (χ2v) is 5.52. The lowest BCUT2D eigenvalue weighted by Gasteiger charge is -2.16. The first-order valence-electron chi connectivity index (χ1n) is 4.33. The zero-order valence-corrected chi connectivity index (χ0v) is 9.55. The van der Waals surface area contributed by atoms with Crippen LogP contribution in [0, 0.1) is 0 Å². The summed E-state index contributed by atoms with van der Waals surface area (Å²) in [6.45, 7) is 2.08. The van der Waals surface area contributed by atoms with Gasteiger partial charge in [0, 0.05) is 10.2 Å². The summed E-state index contributed by atoms with van der Waals surface area (Å²) >= 11 is 0. The molecule has 68 valence electrons. The molecule has 4 heteroatoms. The number of cyclic esters (lactones) is 2. The average Bonchev–Trinajstić information content (AvgIpc) is 2.23. The summed E-state index contributed by atoms with van der Waals surface area (Å²) in [5.74, 6) is -0.626. The van der Waals surface area contributed by atoms with Gasteiger partial charge < -0.3 is 4.74 Å². The zero-order valence-electron chi connectivity index (χ0n) is 7.55. The average molecular weight is 186 g/mol. The van der Waals surface area contributed by atoms with Gasteiger partial charge in [0.15, 0.2) is 0 Å². The molecule has 1 rings (SSSR count). The summed E-state index contributed by atoms with van der Waals surface area (Å²) in [4.78, 5) is 22.0. The second kappa shape index (κ2) is 3.39. The molecule has 1 unspecified atom stereocenters. The maximum absolute atomic E-state index is 11.2. The van der Waals surface area contributed by atoms with Crippen LogP contribution < -0.4 is 0 Å². The van der Waals surface area contributed by atoms with Crippen LogP contribution in [0.25, 0.3) is 0 Å². The summed E-state index contributed by atoms with van der Waals surface area (Å²) in [6.07, 6.45) is 3.20. The highest BCUT2D eigenvalue weighted by Gasteiger charge is 2.44. The van der Waals surface area contributed by atoms with Crippen molar-refractivity contribution in [3.63, 3.8) is 0 Å². The van der Waals surface area contributed by atoms with Gasteiger partial charge in [-0.2, -0.15) is 0 Å². The van der Waals surface area contributed by atoms with Crippen LogP contribution in [0.1, 0.15) is 32.6 Å². The third-order valence-corrected chi connectivity index (χ3v) is 3.58. The molecule has 0 aromatic heterocycles. The molecule has 0 aliphatic carbocycles. The number of unbranched alkanes of at least 4 members (excludes halogenated alkanes) is 1. The van der Waals surface area contributed by atoms with Gasteiger partial charge in [-0.25, -0.2) is 0 Å². The van der Waals surface area contributed by atoms with E-state index < -0.39 is 5.04 Å². The van der Waals surface area contributed by atoms with E-state index in [4.69, 9.17) is 0 Å². The Bertz CT molecular complexity index is 214. The van der Waals surface area contributed by atoms with Crippen LogP contribution in [0.15, 0.2) is 0 Å². The molecule has 0 aromatic rings. The minimum atomic E-state index is -0.396. The van der Waals surface area contributed by atoms with E-state index >= 15 is 0 Å². The Morgan fingerprint density at radius 1 is 1.58 bits per heavy atom. The van der Waals surface area contributed by atoms with Crippen molar-refractivity contribution in [2.24, 2.45) is 0 Å². The molecular weight excluding hydrogens is 172 g/mol. The molecule has 12 heavy (non-hydrogen) atoms. The van der Waals surface area contributed by atoms with Crippen molar-refractivity contribution in [2.45, 2.75) is 37.6 Å². The Morgan fingerprint density at radius 2 is 2.25 bits per heavy atom. The van der Waals surface area contributed by atoms with Crippen molar-refractivity contribution in [2.75, 3.05) is 0 Å². The van der Waals surface area contributed by atoms with Crippen molar-refractivity contribution in [1.29, 1.82) is 0 Å². The molecule has 1 saturated heterocycles. The van der Waals surface area contributed by atoms with E-state index in [9.17, 15) is 9.59 Å². The monoisotopic (exact) mass is 186 g/mol. The number of hydrogen-bond acceptors (Lipinski definition) is 3. The van der Waals surface area contributed by atoms with E-state index in [1.807, 2.05) is 0 Å². The van der Waals surface area contributed by atoms with Gasteiger partial charge in [0.2, 0.25) is 0 Å². The molecule has 0 saturated carbocycles. The Balaban J connectivity index is 2.58. The lowest BCUT2D eigenvalue weighted by atomic mass is 9.99.